The molecule has 1 aromatic carbocycles. The number of ether oxygens (including phenoxy) is 1. The molecule has 0 atom stereocenters. The second-order valence-corrected chi connectivity index (χ2v) is 10.4. The summed E-state index contributed by atoms with van der Waals surface area (Å²) in [5, 5.41) is 3.63. The molecule has 0 unspecified atom stereocenters. The summed E-state index contributed by atoms with van der Waals surface area (Å²) in [6, 6.07) is 5.10. The molecular weight excluding hydrogens is 490 g/mol. The number of hydrogen-bond donors (Lipinski definition) is 1. The van der Waals surface area contributed by atoms with Crippen LogP contribution in [-0.2, 0) is 9.59 Å². The third-order valence-corrected chi connectivity index (χ3v) is 7.05. The van der Waals surface area contributed by atoms with Crippen molar-refractivity contribution in [3.8, 4) is 5.75 Å². The van der Waals surface area contributed by atoms with Gasteiger partial charge in [0.05, 0.1) is 24.9 Å². The molecule has 222 valence electrons. The van der Waals surface area contributed by atoms with E-state index in [-0.39, 0.29) is 31.0 Å². The van der Waals surface area contributed by atoms with E-state index in [1.165, 1.54) is 4.90 Å². The Morgan fingerprint density at radius 3 is 1.56 bits per heavy atom. The number of hydrogen-bond acceptors (Lipinski definition) is 7. The zero-order chi connectivity index (χ0) is 29.0. The first-order chi connectivity index (χ1) is 18.9. The standard InChI is InChI=1S/C31H55N5O3/c1-7-13-19-34(20-14-8-2)24-30(37)36(31(38)25-35(21-15-9-3)22-16-10-4)26-17-18-28(33-32)29(23-26)39-27(11-5)12-6/h17-18,23,27,32H,7-16,19-22,24-25H2,1-6H3. The maximum absolute atomic E-state index is 13.9. The molecule has 0 fully saturated rings. The Morgan fingerprint density at radius 2 is 1.21 bits per heavy atom. The summed E-state index contributed by atoms with van der Waals surface area (Å²) in [5.41, 5.74) is 8.49. The van der Waals surface area contributed by atoms with Crippen molar-refractivity contribution in [2.75, 3.05) is 44.2 Å². The largest absolute Gasteiger partial charge is 0.488 e. The van der Waals surface area contributed by atoms with Gasteiger partial charge >= 0.3 is 0 Å². The molecule has 0 radical (unpaired) electrons. The minimum Gasteiger partial charge on any atom is -0.488 e. The molecule has 0 spiro atoms. The zero-order valence-corrected chi connectivity index (χ0v) is 25.6. The number of carbonyl (C=O) groups excluding carboxylic acids is 2. The summed E-state index contributed by atoms with van der Waals surface area (Å²) in [4.78, 5) is 33.5. The first kappa shape index (κ1) is 34.7. The number of unbranched alkanes of at least 4 members (excludes halogenated alkanes) is 4. The molecule has 0 saturated heterocycles. The number of imide groups is 1. The van der Waals surface area contributed by atoms with E-state index in [0.717, 1.165) is 90.4 Å². The van der Waals surface area contributed by atoms with E-state index in [1.807, 2.05) is 0 Å². The molecule has 1 rings (SSSR count). The zero-order valence-electron chi connectivity index (χ0n) is 25.6. The molecule has 0 aliphatic heterocycles. The highest BCUT2D eigenvalue weighted by Crippen LogP contribution is 2.34. The van der Waals surface area contributed by atoms with Gasteiger partial charge in [-0.25, -0.2) is 10.4 Å². The van der Waals surface area contributed by atoms with Crippen molar-refractivity contribution in [1.82, 2.24) is 9.80 Å². The molecule has 39 heavy (non-hydrogen) atoms. The van der Waals surface area contributed by atoms with E-state index in [0.29, 0.717) is 17.1 Å². The van der Waals surface area contributed by atoms with E-state index in [4.69, 9.17) is 10.3 Å². The Morgan fingerprint density at radius 1 is 0.769 bits per heavy atom. The van der Waals surface area contributed by atoms with Crippen molar-refractivity contribution in [3.05, 3.63) is 18.2 Å². The van der Waals surface area contributed by atoms with Crippen LogP contribution in [-0.4, -0.2) is 67.0 Å². The van der Waals surface area contributed by atoms with Gasteiger partial charge in [-0.05, 0) is 76.8 Å². The number of benzene rings is 1. The minimum absolute atomic E-state index is 0.0299. The SMILES string of the molecule is CCCCN(CCCC)CC(=O)N(C(=O)CN(CCCC)CCCC)c1ccc(N=N)c(OC(CC)CC)c1. The number of amides is 2. The van der Waals surface area contributed by atoms with Gasteiger partial charge in [-0.3, -0.25) is 19.4 Å². The number of carbonyl (C=O) groups is 2. The van der Waals surface area contributed by atoms with Crippen LogP contribution in [0.5, 0.6) is 5.75 Å². The molecule has 0 heterocycles. The molecule has 8 nitrogen and oxygen atoms in total. The average Bonchev–Trinajstić information content (AvgIpc) is 2.94. The van der Waals surface area contributed by atoms with Crippen molar-refractivity contribution >= 4 is 23.2 Å². The fourth-order valence-electron chi connectivity index (χ4n) is 4.48. The van der Waals surface area contributed by atoms with Crippen LogP contribution in [0, 0.1) is 5.53 Å². The van der Waals surface area contributed by atoms with Gasteiger partial charge in [0.15, 0.2) is 0 Å². The van der Waals surface area contributed by atoms with E-state index in [2.05, 4.69) is 56.5 Å². The van der Waals surface area contributed by atoms with E-state index in [9.17, 15) is 9.59 Å². The summed E-state index contributed by atoms with van der Waals surface area (Å²) < 4.78 is 6.18. The van der Waals surface area contributed by atoms with Crippen LogP contribution in [0.15, 0.2) is 23.3 Å². The van der Waals surface area contributed by atoms with Crippen LogP contribution < -0.4 is 9.64 Å². The molecule has 1 N–H and O–H groups in total. The molecular formula is C31H55N5O3. The third kappa shape index (κ3) is 12.6. The first-order valence-corrected chi connectivity index (χ1v) is 15.4. The molecule has 0 bridgehead atoms. The van der Waals surface area contributed by atoms with Gasteiger partial charge in [0.1, 0.15) is 11.4 Å². The normalized spacial score (nSPS) is 11.4. The summed E-state index contributed by atoms with van der Waals surface area (Å²) >= 11 is 0. The quantitative estimate of drug-likeness (QED) is 0.152. The monoisotopic (exact) mass is 545 g/mol. The smallest absolute Gasteiger partial charge is 0.247 e. The molecule has 2 amide bonds. The highest BCUT2D eigenvalue weighted by atomic mass is 16.5. The lowest BCUT2D eigenvalue weighted by Crippen LogP contribution is -2.48. The minimum atomic E-state index is -0.220. The Hall–Kier alpha value is -2.32. The van der Waals surface area contributed by atoms with Gasteiger partial charge in [0.25, 0.3) is 0 Å². The van der Waals surface area contributed by atoms with E-state index < -0.39 is 0 Å². The topological polar surface area (TPSA) is 89.3 Å². The molecule has 0 aromatic heterocycles. The predicted octanol–water partition coefficient (Wildman–Crippen LogP) is 7.58. The number of rotatable bonds is 22. The molecule has 0 aliphatic carbocycles. The van der Waals surface area contributed by atoms with Crippen LogP contribution in [0.1, 0.15) is 106 Å². The Bertz CT molecular complexity index is 794. The van der Waals surface area contributed by atoms with Crippen LogP contribution in [0.4, 0.5) is 11.4 Å². The van der Waals surface area contributed by atoms with Gasteiger partial charge in [-0.1, -0.05) is 67.2 Å². The fraction of sp³-hybridized carbons (Fsp3) is 0.742. The Balaban J connectivity index is 3.41. The van der Waals surface area contributed by atoms with Gasteiger partial charge < -0.3 is 4.74 Å². The van der Waals surface area contributed by atoms with Crippen molar-refractivity contribution in [1.29, 1.82) is 5.53 Å². The third-order valence-electron chi connectivity index (χ3n) is 7.05. The second kappa shape index (κ2) is 20.6. The van der Waals surface area contributed by atoms with Crippen molar-refractivity contribution in [2.24, 2.45) is 5.11 Å². The van der Waals surface area contributed by atoms with Crippen LogP contribution in [0.25, 0.3) is 0 Å². The van der Waals surface area contributed by atoms with Crippen LogP contribution >= 0.6 is 0 Å². The lowest BCUT2D eigenvalue weighted by Gasteiger charge is -2.29. The summed E-state index contributed by atoms with van der Waals surface area (Å²) in [6.45, 7) is 16.4. The van der Waals surface area contributed by atoms with E-state index >= 15 is 0 Å². The summed E-state index contributed by atoms with van der Waals surface area (Å²) in [5.74, 6) is -0.00573. The van der Waals surface area contributed by atoms with Crippen molar-refractivity contribution in [3.63, 3.8) is 0 Å². The maximum atomic E-state index is 13.9. The van der Waals surface area contributed by atoms with Crippen molar-refractivity contribution in [2.45, 2.75) is 112 Å². The van der Waals surface area contributed by atoms with Gasteiger partial charge in [-0.15, -0.1) is 0 Å². The molecule has 0 aliphatic rings. The Kier molecular flexibility index (Phi) is 18.3. The predicted molar refractivity (Wildman–Crippen MR) is 161 cm³/mol. The Labute approximate surface area is 238 Å². The first-order valence-electron chi connectivity index (χ1n) is 15.4. The van der Waals surface area contributed by atoms with Gasteiger partial charge in [-0.2, -0.15) is 5.11 Å². The molecule has 8 heteroatoms. The van der Waals surface area contributed by atoms with Crippen LogP contribution in [0.3, 0.4) is 0 Å². The summed E-state index contributed by atoms with van der Waals surface area (Å²) in [6.07, 6.45) is 9.87. The summed E-state index contributed by atoms with van der Waals surface area (Å²) in [7, 11) is 0. The highest BCUT2D eigenvalue weighted by molar-refractivity contribution is 6.16. The lowest BCUT2D eigenvalue weighted by atomic mass is 10.2. The van der Waals surface area contributed by atoms with Crippen molar-refractivity contribution < 1.29 is 14.3 Å². The average molecular weight is 546 g/mol. The molecule has 0 saturated carbocycles. The molecule has 1 aromatic rings. The van der Waals surface area contributed by atoms with Gasteiger partial charge in [0.2, 0.25) is 11.8 Å². The van der Waals surface area contributed by atoms with E-state index in [1.54, 1.807) is 18.2 Å². The maximum Gasteiger partial charge on any atom is 0.247 e. The number of nitrogens with one attached hydrogen (secondary N) is 1. The number of anilines is 1. The lowest BCUT2D eigenvalue weighted by molar-refractivity contribution is -0.127. The number of nitrogens with zero attached hydrogens (tertiary/aromatic N) is 4. The van der Waals surface area contributed by atoms with Gasteiger partial charge in [0, 0.05) is 6.07 Å². The highest BCUT2D eigenvalue weighted by Gasteiger charge is 2.28. The second-order valence-electron chi connectivity index (χ2n) is 10.4. The fourth-order valence-corrected chi connectivity index (χ4v) is 4.48. The van der Waals surface area contributed by atoms with Crippen LogP contribution in [0.2, 0.25) is 0 Å².